The third-order valence-corrected chi connectivity index (χ3v) is 8.59. The van der Waals surface area contributed by atoms with Crippen LogP contribution < -0.4 is 0 Å². The van der Waals surface area contributed by atoms with Crippen LogP contribution in [-0.2, 0) is 12.8 Å². The molecule has 3 aromatic rings. The number of benzene rings is 3. The highest BCUT2D eigenvalue weighted by Gasteiger charge is 2.22. The average Bonchev–Trinajstić information content (AvgIpc) is 2.94. The van der Waals surface area contributed by atoms with Crippen molar-refractivity contribution in [3.05, 3.63) is 92.0 Å². The Kier molecular flexibility index (Phi) is 7.87. The number of nitro benzene ring substituents is 1. The number of phenolic OH excluding ortho intramolecular Hbond substituents is 3. The van der Waals surface area contributed by atoms with Crippen LogP contribution in [0, 0.1) is 10.1 Å². The van der Waals surface area contributed by atoms with Crippen molar-refractivity contribution in [2.75, 3.05) is 0 Å². The van der Waals surface area contributed by atoms with Crippen molar-refractivity contribution in [1.82, 2.24) is 0 Å². The molecule has 0 spiro atoms. The van der Waals surface area contributed by atoms with Crippen LogP contribution in [0.15, 0.2) is 48.5 Å². The van der Waals surface area contributed by atoms with E-state index >= 15 is 0 Å². The molecule has 2 saturated carbocycles. The first kappa shape index (κ1) is 26.1. The molecule has 6 nitrogen and oxygen atoms in total. The van der Waals surface area contributed by atoms with Crippen LogP contribution in [0.3, 0.4) is 0 Å². The second-order valence-electron chi connectivity index (χ2n) is 11.2. The summed E-state index contributed by atoms with van der Waals surface area (Å²) in [5.74, 6) is 1.12. The summed E-state index contributed by atoms with van der Waals surface area (Å²) in [6, 6.07) is 14.1. The van der Waals surface area contributed by atoms with Crippen molar-refractivity contribution >= 4 is 5.69 Å². The molecule has 0 unspecified atom stereocenters. The van der Waals surface area contributed by atoms with E-state index in [9.17, 15) is 25.4 Å². The van der Waals surface area contributed by atoms with E-state index in [0.29, 0.717) is 34.1 Å². The second kappa shape index (κ2) is 11.5. The van der Waals surface area contributed by atoms with Gasteiger partial charge in [0.2, 0.25) is 0 Å². The third kappa shape index (κ3) is 5.79. The van der Waals surface area contributed by atoms with E-state index in [1.54, 1.807) is 12.1 Å². The lowest BCUT2D eigenvalue weighted by atomic mass is 9.83. The second-order valence-corrected chi connectivity index (χ2v) is 11.2. The summed E-state index contributed by atoms with van der Waals surface area (Å²) < 4.78 is 0. The molecule has 0 aromatic heterocycles. The van der Waals surface area contributed by atoms with Gasteiger partial charge in [-0.25, -0.2) is 0 Å². The topological polar surface area (TPSA) is 104 Å². The van der Waals surface area contributed by atoms with Gasteiger partial charge in [-0.3, -0.25) is 10.1 Å². The van der Waals surface area contributed by atoms with Gasteiger partial charge in [0.15, 0.2) is 0 Å². The van der Waals surface area contributed by atoms with Crippen LogP contribution in [0.5, 0.6) is 17.2 Å². The molecule has 2 aliphatic rings. The van der Waals surface area contributed by atoms with Crippen LogP contribution in [0.4, 0.5) is 5.69 Å². The molecule has 2 aliphatic carbocycles. The molecule has 2 fully saturated rings. The maximum atomic E-state index is 11.8. The highest BCUT2D eigenvalue weighted by atomic mass is 16.6. The van der Waals surface area contributed by atoms with E-state index in [4.69, 9.17) is 0 Å². The predicted octanol–water partition coefficient (Wildman–Crippen LogP) is 7.99. The lowest BCUT2D eigenvalue weighted by Crippen LogP contribution is -2.06. The first-order chi connectivity index (χ1) is 18.4. The number of hydrogen-bond acceptors (Lipinski definition) is 5. The average molecular weight is 516 g/mol. The van der Waals surface area contributed by atoms with Gasteiger partial charge >= 0.3 is 0 Å². The van der Waals surface area contributed by atoms with Gasteiger partial charge in [-0.1, -0.05) is 62.8 Å². The summed E-state index contributed by atoms with van der Waals surface area (Å²) in [6.45, 7) is 0. The number of nitro groups is 1. The third-order valence-electron chi connectivity index (χ3n) is 8.59. The monoisotopic (exact) mass is 515 g/mol. The minimum atomic E-state index is -0.455. The standard InChI is InChI=1S/C32H37NO5/c34-30-13-11-23(21-7-3-1-4-8-21)15-25(30)17-27-19-29(33(37)38)20-28(32(27)36)18-26-16-24(12-14-31(26)35)22-9-5-2-6-10-22/h11-16,19-22,34-36H,1-10,17-18H2. The Morgan fingerprint density at radius 2 is 1.05 bits per heavy atom. The minimum Gasteiger partial charge on any atom is -0.508 e. The van der Waals surface area contributed by atoms with Gasteiger partial charge in [-0.2, -0.15) is 0 Å². The summed E-state index contributed by atoms with van der Waals surface area (Å²) >= 11 is 0. The molecule has 6 heteroatoms. The fourth-order valence-corrected chi connectivity index (χ4v) is 6.40. The van der Waals surface area contributed by atoms with Crippen LogP contribution in [0.1, 0.15) is 109 Å². The summed E-state index contributed by atoms with van der Waals surface area (Å²) in [6.07, 6.45) is 12.2. The van der Waals surface area contributed by atoms with Crippen molar-refractivity contribution in [3.8, 4) is 17.2 Å². The number of non-ortho nitro benzene ring substituents is 1. The van der Waals surface area contributed by atoms with Crippen LogP contribution in [-0.4, -0.2) is 20.2 Å². The number of phenols is 3. The van der Waals surface area contributed by atoms with Crippen LogP contribution in [0.2, 0.25) is 0 Å². The number of rotatable bonds is 7. The van der Waals surface area contributed by atoms with Crippen molar-refractivity contribution in [1.29, 1.82) is 0 Å². The largest absolute Gasteiger partial charge is 0.508 e. The molecular weight excluding hydrogens is 478 g/mol. The van der Waals surface area contributed by atoms with Gasteiger partial charge in [-0.05, 0) is 71.9 Å². The van der Waals surface area contributed by atoms with E-state index in [1.165, 1.54) is 61.8 Å². The van der Waals surface area contributed by atoms with E-state index in [-0.39, 0.29) is 35.8 Å². The Morgan fingerprint density at radius 3 is 1.45 bits per heavy atom. The van der Waals surface area contributed by atoms with Gasteiger partial charge in [0.1, 0.15) is 17.2 Å². The summed E-state index contributed by atoms with van der Waals surface area (Å²) in [4.78, 5) is 11.3. The maximum absolute atomic E-state index is 11.8. The van der Waals surface area contributed by atoms with E-state index in [1.807, 2.05) is 24.3 Å². The number of nitrogens with zero attached hydrogens (tertiary/aromatic N) is 1. The highest BCUT2D eigenvalue weighted by Crippen LogP contribution is 2.39. The molecule has 0 bridgehead atoms. The normalized spacial score (nSPS) is 16.9. The fourth-order valence-electron chi connectivity index (χ4n) is 6.40. The zero-order valence-electron chi connectivity index (χ0n) is 21.9. The summed E-state index contributed by atoms with van der Waals surface area (Å²) in [7, 11) is 0. The van der Waals surface area contributed by atoms with Gasteiger partial charge < -0.3 is 15.3 Å². The molecule has 5 rings (SSSR count). The lowest BCUT2D eigenvalue weighted by molar-refractivity contribution is -0.385. The molecule has 0 heterocycles. The quantitative estimate of drug-likeness (QED) is 0.218. The van der Waals surface area contributed by atoms with Crippen LogP contribution >= 0.6 is 0 Å². The zero-order chi connectivity index (χ0) is 26.6. The number of aromatic hydroxyl groups is 3. The Labute approximate surface area is 224 Å². The molecular formula is C32H37NO5. The Hall–Kier alpha value is -3.54. The van der Waals surface area contributed by atoms with E-state index in [0.717, 1.165) is 25.7 Å². The van der Waals surface area contributed by atoms with Crippen molar-refractivity contribution in [2.24, 2.45) is 0 Å². The van der Waals surface area contributed by atoms with E-state index in [2.05, 4.69) is 0 Å². The van der Waals surface area contributed by atoms with Gasteiger partial charge in [0.05, 0.1) is 4.92 Å². The Bertz CT molecular complexity index is 1210. The molecule has 3 N–H and O–H groups in total. The maximum Gasteiger partial charge on any atom is 0.270 e. The zero-order valence-corrected chi connectivity index (χ0v) is 21.9. The summed E-state index contributed by atoms with van der Waals surface area (Å²) in [5, 5.41) is 44.3. The Morgan fingerprint density at radius 1 is 0.632 bits per heavy atom. The minimum absolute atomic E-state index is 0.0273. The van der Waals surface area contributed by atoms with Gasteiger partial charge in [-0.15, -0.1) is 0 Å². The van der Waals surface area contributed by atoms with Crippen molar-refractivity contribution in [2.45, 2.75) is 88.9 Å². The molecule has 0 saturated heterocycles. The van der Waals surface area contributed by atoms with E-state index < -0.39 is 4.92 Å². The molecule has 38 heavy (non-hydrogen) atoms. The molecule has 0 radical (unpaired) electrons. The molecule has 0 aliphatic heterocycles. The molecule has 0 amide bonds. The predicted molar refractivity (Wildman–Crippen MR) is 148 cm³/mol. The smallest absolute Gasteiger partial charge is 0.270 e. The van der Waals surface area contributed by atoms with Gasteiger partial charge in [0.25, 0.3) is 5.69 Å². The first-order valence-electron chi connectivity index (χ1n) is 14.0. The first-order valence-corrected chi connectivity index (χ1v) is 14.0. The SMILES string of the molecule is O=[N+]([O-])c1cc(Cc2cc(C3CCCCC3)ccc2O)c(O)c(Cc2cc(C3CCCCC3)ccc2O)c1. The number of hydrogen-bond donors (Lipinski definition) is 3. The summed E-state index contributed by atoms with van der Waals surface area (Å²) in [5.41, 5.74) is 4.33. The molecule has 3 aromatic carbocycles. The highest BCUT2D eigenvalue weighted by molar-refractivity contribution is 5.55. The lowest BCUT2D eigenvalue weighted by Gasteiger charge is -2.23. The van der Waals surface area contributed by atoms with Crippen LogP contribution in [0.25, 0.3) is 0 Å². The fraction of sp³-hybridized carbons (Fsp3) is 0.438. The van der Waals surface area contributed by atoms with Crippen molar-refractivity contribution in [3.63, 3.8) is 0 Å². The molecule has 0 atom stereocenters. The van der Waals surface area contributed by atoms with Gasteiger partial charge in [0, 0.05) is 36.1 Å². The van der Waals surface area contributed by atoms with Crippen molar-refractivity contribution < 1.29 is 20.2 Å². The molecule has 200 valence electrons. The Balaban J connectivity index is 1.46.